The van der Waals surface area contributed by atoms with Crippen LogP contribution in [-0.4, -0.2) is 30.1 Å². The van der Waals surface area contributed by atoms with Crippen LogP contribution in [0.5, 0.6) is 0 Å². The second-order valence-electron chi connectivity index (χ2n) is 7.24. The molecule has 10 heteroatoms. The summed E-state index contributed by atoms with van der Waals surface area (Å²) in [6, 6.07) is 13.7. The molecular formula is C21H19N5O4S. The van der Waals surface area contributed by atoms with Crippen LogP contribution >= 0.6 is 0 Å². The van der Waals surface area contributed by atoms with Crippen LogP contribution in [0.4, 0.5) is 11.6 Å². The number of primary sulfonamides is 1. The van der Waals surface area contributed by atoms with E-state index in [1.165, 1.54) is 12.1 Å². The van der Waals surface area contributed by atoms with Gasteiger partial charge in [0.25, 0.3) is 0 Å². The Bertz CT molecular complexity index is 1360. The van der Waals surface area contributed by atoms with E-state index in [-0.39, 0.29) is 11.0 Å². The Morgan fingerprint density at radius 2 is 2.03 bits per heavy atom. The number of nitrogens with one attached hydrogen (secondary N) is 1. The van der Waals surface area contributed by atoms with Gasteiger partial charge in [-0.05, 0) is 49.2 Å². The Morgan fingerprint density at radius 3 is 2.84 bits per heavy atom. The molecule has 0 spiro atoms. The summed E-state index contributed by atoms with van der Waals surface area (Å²) in [5, 5.41) is 13.3. The third-order valence-electron chi connectivity index (χ3n) is 5.10. The van der Waals surface area contributed by atoms with Crippen molar-refractivity contribution in [1.82, 2.24) is 15.1 Å². The predicted octanol–water partition coefficient (Wildman–Crippen LogP) is 3.53. The molecule has 0 radical (unpaired) electrons. The SMILES string of the molecule is NS(=O)(=O)c1cccc(Nc2nccc(-c3ccc4noc(C5CCCO5)c4c3)n2)c1. The van der Waals surface area contributed by atoms with E-state index >= 15 is 0 Å². The zero-order valence-electron chi connectivity index (χ0n) is 16.4. The van der Waals surface area contributed by atoms with Gasteiger partial charge in [-0.3, -0.25) is 0 Å². The minimum Gasteiger partial charge on any atom is -0.370 e. The molecule has 1 atom stereocenters. The summed E-state index contributed by atoms with van der Waals surface area (Å²) >= 11 is 0. The van der Waals surface area contributed by atoms with Gasteiger partial charge in [-0.25, -0.2) is 23.5 Å². The van der Waals surface area contributed by atoms with Crippen molar-refractivity contribution in [3.05, 3.63) is 60.5 Å². The Hall–Kier alpha value is -3.34. The van der Waals surface area contributed by atoms with Crippen molar-refractivity contribution in [2.45, 2.75) is 23.8 Å². The fraction of sp³-hybridized carbons (Fsp3) is 0.190. The maximum atomic E-state index is 11.6. The van der Waals surface area contributed by atoms with Crippen molar-refractivity contribution >= 4 is 32.6 Å². The van der Waals surface area contributed by atoms with E-state index in [0.29, 0.717) is 17.3 Å². The van der Waals surface area contributed by atoms with E-state index in [1.54, 1.807) is 24.4 Å². The number of hydrogen-bond donors (Lipinski definition) is 2. The number of ether oxygens (including phenoxy) is 1. The van der Waals surface area contributed by atoms with Crippen molar-refractivity contribution in [2.24, 2.45) is 5.14 Å². The van der Waals surface area contributed by atoms with Crippen LogP contribution in [0.1, 0.15) is 24.7 Å². The third-order valence-corrected chi connectivity index (χ3v) is 6.01. The normalized spacial score (nSPS) is 16.6. The molecule has 158 valence electrons. The fourth-order valence-electron chi connectivity index (χ4n) is 3.60. The number of fused-ring (bicyclic) bond motifs is 1. The maximum Gasteiger partial charge on any atom is 0.238 e. The Balaban J connectivity index is 1.46. The van der Waals surface area contributed by atoms with Crippen LogP contribution in [0.3, 0.4) is 0 Å². The van der Waals surface area contributed by atoms with E-state index < -0.39 is 10.0 Å². The number of rotatable bonds is 5. The molecular weight excluding hydrogens is 418 g/mol. The highest BCUT2D eigenvalue weighted by Gasteiger charge is 2.24. The van der Waals surface area contributed by atoms with Gasteiger partial charge < -0.3 is 14.6 Å². The molecule has 3 N–H and O–H groups in total. The molecule has 1 aliphatic heterocycles. The van der Waals surface area contributed by atoms with Gasteiger partial charge in [-0.2, -0.15) is 0 Å². The van der Waals surface area contributed by atoms with Crippen LogP contribution in [0.25, 0.3) is 22.2 Å². The van der Waals surface area contributed by atoms with Crippen molar-refractivity contribution in [3.63, 3.8) is 0 Å². The van der Waals surface area contributed by atoms with Crippen molar-refractivity contribution in [1.29, 1.82) is 0 Å². The van der Waals surface area contributed by atoms with E-state index in [1.807, 2.05) is 18.2 Å². The molecule has 1 fully saturated rings. The average Bonchev–Trinajstić information content (AvgIpc) is 3.43. The molecule has 1 aliphatic rings. The summed E-state index contributed by atoms with van der Waals surface area (Å²) in [4.78, 5) is 8.80. The summed E-state index contributed by atoms with van der Waals surface area (Å²) in [5.41, 5.74) is 2.85. The predicted molar refractivity (Wildman–Crippen MR) is 114 cm³/mol. The number of sulfonamides is 1. The third kappa shape index (κ3) is 4.00. The van der Waals surface area contributed by atoms with Crippen LogP contribution in [-0.2, 0) is 14.8 Å². The Kier molecular flexibility index (Phi) is 4.89. The zero-order valence-corrected chi connectivity index (χ0v) is 17.2. The minimum absolute atomic E-state index is 0.00762. The lowest BCUT2D eigenvalue weighted by Gasteiger charge is -2.08. The first kappa shape index (κ1) is 19.6. The standard InChI is InChI=1S/C21H19N5O4S/c22-31(27,28)15-4-1-3-14(12-15)24-21-23-9-8-17(25-21)13-6-7-18-16(11-13)20(30-26-18)19-5-2-10-29-19/h1,3-4,6-9,11-12,19H,2,5,10H2,(H2,22,27,28)(H,23,24,25). The van der Waals surface area contributed by atoms with Crippen LogP contribution < -0.4 is 10.5 Å². The van der Waals surface area contributed by atoms with Gasteiger partial charge in [0.2, 0.25) is 16.0 Å². The van der Waals surface area contributed by atoms with Crippen molar-refractivity contribution in [3.8, 4) is 11.3 Å². The average molecular weight is 437 g/mol. The topological polar surface area (TPSA) is 133 Å². The van der Waals surface area contributed by atoms with Crippen LogP contribution in [0.2, 0.25) is 0 Å². The largest absolute Gasteiger partial charge is 0.370 e. The summed E-state index contributed by atoms with van der Waals surface area (Å²) < 4.78 is 34.5. The molecule has 2 aromatic carbocycles. The van der Waals surface area contributed by atoms with Crippen LogP contribution in [0.15, 0.2) is 64.1 Å². The van der Waals surface area contributed by atoms with Gasteiger partial charge in [0.15, 0.2) is 5.76 Å². The molecule has 0 saturated carbocycles. The summed E-state index contributed by atoms with van der Waals surface area (Å²) in [6.45, 7) is 0.722. The first-order chi connectivity index (χ1) is 15.0. The van der Waals surface area contributed by atoms with Gasteiger partial charge in [0, 0.05) is 29.4 Å². The first-order valence-electron chi connectivity index (χ1n) is 9.72. The molecule has 0 aliphatic carbocycles. The van der Waals surface area contributed by atoms with Gasteiger partial charge in [-0.1, -0.05) is 17.3 Å². The smallest absolute Gasteiger partial charge is 0.238 e. The zero-order chi connectivity index (χ0) is 21.4. The van der Waals surface area contributed by atoms with Gasteiger partial charge >= 0.3 is 0 Å². The quantitative estimate of drug-likeness (QED) is 0.484. The molecule has 1 saturated heterocycles. The summed E-state index contributed by atoms with van der Waals surface area (Å²) in [5.74, 6) is 1.07. The Morgan fingerprint density at radius 1 is 1.13 bits per heavy atom. The first-order valence-corrected chi connectivity index (χ1v) is 11.3. The lowest BCUT2D eigenvalue weighted by Crippen LogP contribution is -2.12. The molecule has 4 aromatic rings. The van der Waals surface area contributed by atoms with Crippen molar-refractivity contribution in [2.75, 3.05) is 11.9 Å². The number of nitrogens with two attached hydrogens (primary N) is 1. The van der Waals surface area contributed by atoms with E-state index in [9.17, 15) is 8.42 Å². The molecule has 2 aromatic heterocycles. The molecule has 0 bridgehead atoms. The fourth-order valence-corrected chi connectivity index (χ4v) is 4.16. The number of benzene rings is 2. The van der Waals surface area contributed by atoms with E-state index in [0.717, 1.165) is 41.7 Å². The number of nitrogens with zero attached hydrogens (tertiary/aromatic N) is 3. The lowest BCUT2D eigenvalue weighted by atomic mass is 10.1. The minimum atomic E-state index is -3.80. The molecule has 31 heavy (non-hydrogen) atoms. The van der Waals surface area contributed by atoms with Crippen LogP contribution in [0, 0.1) is 0 Å². The molecule has 0 amide bonds. The summed E-state index contributed by atoms with van der Waals surface area (Å²) in [7, 11) is -3.80. The van der Waals surface area contributed by atoms with Gasteiger partial charge in [0.05, 0.1) is 10.6 Å². The second kappa shape index (κ2) is 7.73. The highest BCUT2D eigenvalue weighted by molar-refractivity contribution is 7.89. The Labute approximate surface area is 178 Å². The summed E-state index contributed by atoms with van der Waals surface area (Å²) in [6.07, 6.45) is 3.47. The molecule has 5 rings (SSSR count). The highest BCUT2D eigenvalue weighted by atomic mass is 32.2. The van der Waals surface area contributed by atoms with Gasteiger partial charge in [0.1, 0.15) is 11.6 Å². The van der Waals surface area contributed by atoms with Crippen molar-refractivity contribution < 1.29 is 17.7 Å². The maximum absolute atomic E-state index is 11.6. The molecule has 1 unspecified atom stereocenters. The lowest BCUT2D eigenvalue weighted by molar-refractivity contribution is 0.0893. The monoisotopic (exact) mass is 437 g/mol. The number of anilines is 2. The molecule has 9 nitrogen and oxygen atoms in total. The number of aromatic nitrogens is 3. The van der Waals surface area contributed by atoms with Gasteiger partial charge in [-0.15, -0.1) is 0 Å². The van der Waals surface area contributed by atoms with E-state index in [4.69, 9.17) is 14.4 Å². The van der Waals surface area contributed by atoms with E-state index in [2.05, 4.69) is 20.4 Å². The second-order valence-corrected chi connectivity index (χ2v) is 8.81. The number of hydrogen-bond acceptors (Lipinski definition) is 8. The molecule has 3 heterocycles. The highest BCUT2D eigenvalue weighted by Crippen LogP contribution is 2.35.